The fraction of sp³-hybridized carbons (Fsp3) is 0.545. The average Bonchev–Trinajstić information content (AvgIpc) is 2.59. The van der Waals surface area contributed by atoms with E-state index in [1.54, 1.807) is 23.1 Å². The van der Waals surface area contributed by atoms with Gasteiger partial charge in [-0.25, -0.2) is 0 Å². The number of thioether (sulfide) groups is 1. The van der Waals surface area contributed by atoms with Crippen molar-refractivity contribution in [3.8, 4) is 0 Å². The zero-order valence-corrected chi connectivity index (χ0v) is 10.3. The lowest BCUT2D eigenvalue weighted by Gasteiger charge is -1.97. The Bertz CT molecular complexity index is 291. The van der Waals surface area contributed by atoms with Gasteiger partial charge in [-0.1, -0.05) is 13.3 Å². The van der Waals surface area contributed by atoms with Gasteiger partial charge in [-0.2, -0.15) is 11.8 Å². The molecule has 3 heteroatoms. The first-order valence-corrected chi connectivity index (χ1v) is 6.88. The highest BCUT2D eigenvalue weighted by Crippen LogP contribution is 2.17. The van der Waals surface area contributed by atoms with E-state index in [-0.39, 0.29) is 5.78 Å². The minimum absolute atomic E-state index is 0.282. The highest BCUT2D eigenvalue weighted by Gasteiger charge is 2.07. The van der Waals surface area contributed by atoms with Crippen molar-refractivity contribution >= 4 is 28.9 Å². The Kier molecular flexibility index (Phi) is 5.26. The highest BCUT2D eigenvalue weighted by atomic mass is 32.2. The van der Waals surface area contributed by atoms with E-state index in [2.05, 4.69) is 6.92 Å². The van der Waals surface area contributed by atoms with Crippen LogP contribution >= 0.6 is 23.1 Å². The highest BCUT2D eigenvalue weighted by molar-refractivity contribution is 7.99. The fourth-order valence-electron chi connectivity index (χ4n) is 1.07. The van der Waals surface area contributed by atoms with Crippen molar-refractivity contribution in [1.82, 2.24) is 0 Å². The smallest absolute Gasteiger partial charge is 0.182 e. The third kappa shape index (κ3) is 3.84. The molecular formula is C11H16OS2. The Morgan fingerprint density at radius 1 is 1.50 bits per heavy atom. The molecule has 0 N–H and O–H groups in total. The van der Waals surface area contributed by atoms with Crippen LogP contribution in [0.4, 0.5) is 0 Å². The third-order valence-electron chi connectivity index (χ3n) is 1.89. The molecule has 1 nitrogen and oxygen atoms in total. The van der Waals surface area contributed by atoms with Crippen LogP contribution in [0, 0.1) is 6.92 Å². The van der Waals surface area contributed by atoms with Crippen LogP contribution in [0.3, 0.4) is 0 Å². The second kappa shape index (κ2) is 6.25. The number of hydrogen-bond acceptors (Lipinski definition) is 3. The van der Waals surface area contributed by atoms with Crippen LogP contribution < -0.4 is 0 Å². The molecule has 0 amide bonds. The zero-order valence-electron chi connectivity index (χ0n) is 8.71. The van der Waals surface area contributed by atoms with Crippen molar-refractivity contribution in [2.75, 3.05) is 11.5 Å². The van der Waals surface area contributed by atoms with Crippen molar-refractivity contribution < 1.29 is 4.79 Å². The van der Waals surface area contributed by atoms with E-state index in [0.717, 1.165) is 10.6 Å². The molecule has 0 aromatic carbocycles. The topological polar surface area (TPSA) is 17.1 Å². The van der Waals surface area contributed by atoms with Gasteiger partial charge in [0.2, 0.25) is 0 Å². The van der Waals surface area contributed by atoms with Crippen LogP contribution in [0.15, 0.2) is 12.1 Å². The Morgan fingerprint density at radius 3 is 2.86 bits per heavy atom. The number of carbonyl (C=O) groups excluding carboxylic acids is 1. The summed E-state index contributed by atoms with van der Waals surface area (Å²) >= 11 is 3.34. The number of hydrogen-bond donors (Lipinski definition) is 0. The van der Waals surface area contributed by atoms with Crippen molar-refractivity contribution in [3.63, 3.8) is 0 Å². The molecule has 1 aromatic heterocycles. The number of aryl methyl sites for hydroxylation is 1. The molecule has 0 unspecified atom stereocenters. The summed E-state index contributed by atoms with van der Waals surface area (Å²) in [4.78, 5) is 13.7. The summed E-state index contributed by atoms with van der Waals surface area (Å²) in [6.45, 7) is 4.21. The maximum atomic E-state index is 11.6. The molecule has 0 bridgehead atoms. The van der Waals surface area contributed by atoms with Crippen LogP contribution in [-0.2, 0) is 0 Å². The Morgan fingerprint density at radius 2 is 2.29 bits per heavy atom. The number of Topliss-reactive ketones (excluding diaryl/α,β-unsaturated/α-hetero) is 1. The summed E-state index contributed by atoms with van der Waals surface area (Å²) in [7, 11) is 0. The standard InChI is InChI=1S/C11H16OS2/c1-3-4-7-13-8-10(12)11-6-5-9(2)14-11/h5-6H,3-4,7-8H2,1-2H3. The van der Waals surface area contributed by atoms with Crippen LogP contribution in [0.25, 0.3) is 0 Å². The zero-order chi connectivity index (χ0) is 10.4. The van der Waals surface area contributed by atoms with E-state index in [0.29, 0.717) is 5.75 Å². The second-order valence-electron chi connectivity index (χ2n) is 3.24. The van der Waals surface area contributed by atoms with E-state index in [1.165, 1.54) is 17.7 Å². The van der Waals surface area contributed by atoms with E-state index in [1.807, 2.05) is 19.1 Å². The van der Waals surface area contributed by atoms with Gasteiger partial charge in [-0.15, -0.1) is 11.3 Å². The molecule has 1 rings (SSSR count). The summed E-state index contributed by atoms with van der Waals surface area (Å²) in [6, 6.07) is 3.94. The molecule has 1 aromatic rings. The lowest BCUT2D eigenvalue weighted by molar-refractivity contribution is 0.102. The van der Waals surface area contributed by atoms with Crippen LogP contribution in [0.2, 0.25) is 0 Å². The predicted octanol–water partition coefficient (Wildman–Crippen LogP) is 3.77. The monoisotopic (exact) mass is 228 g/mol. The first kappa shape index (κ1) is 11.8. The van der Waals surface area contributed by atoms with Gasteiger partial charge in [0.1, 0.15) is 0 Å². The minimum Gasteiger partial charge on any atom is -0.292 e. The number of ketones is 1. The summed E-state index contributed by atoms with van der Waals surface area (Å²) in [6.07, 6.45) is 2.42. The predicted molar refractivity (Wildman–Crippen MR) is 65.6 cm³/mol. The molecule has 78 valence electrons. The molecule has 0 aliphatic rings. The van der Waals surface area contributed by atoms with E-state index < -0.39 is 0 Å². The quantitative estimate of drug-likeness (QED) is 0.544. The third-order valence-corrected chi connectivity index (χ3v) is 3.98. The van der Waals surface area contributed by atoms with Crippen LogP contribution in [-0.4, -0.2) is 17.3 Å². The molecule has 0 atom stereocenters. The van der Waals surface area contributed by atoms with Gasteiger partial charge in [0.05, 0.1) is 10.6 Å². The molecule has 14 heavy (non-hydrogen) atoms. The molecule has 0 aliphatic carbocycles. The van der Waals surface area contributed by atoms with Crippen molar-refractivity contribution in [3.05, 3.63) is 21.9 Å². The van der Waals surface area contributed by atoms with Gasteiger partial charge in [0, 0.05) is 4.88 Å². The van der Waals surface area contributed by atoms with E-state index >= 15 is 0 Å². The van der Waals surface area contributed by atoms with Gasteiger partial charge < -0.3 is 0 Å². The second-order valence-corrected chi connectivity index (χ2v) is 5.63. The maximum absolute atomic E-state index is 11.6. The van der Waals surface area contributed by atoms with Gasteiger partial charge in [-0.3, -0.25) is 4.79 Å². The first-order chi connectivity index (χ1) is 6.74. The average molecular weight is 228 g/mol. The molecule has 0 saturated carbocycles. The Balaban J connectivity index is 2.29. The molecule has 1 heterocycles. The maximum Gasteiger partial charge on any atom is 0.182 e. The Labute approximate surface area is 93.9 Å². The number of rotatable bonds is 6. The van der Waals surface area contributed by atoms with Crippen molar-refractivity contribution in [2.45, 2.75) is 26.7 Å². The Hall–Kier alpha value is -0.280. The molecule has 0 fully saturated rings. The first-order valence-electron chi connectivity index (χ1n) is 4.91. The van der Waals surface area contributed by atoms with Crippen molar-refractivity contribution in [1.29, 1.82) is 0 Å². The normalized spacial score (nSPS) is 10.4. The largest absolute Gasteiger partial charge is 0.292 e. The summed E-state index contributed by atoms with van der Waals surface area (Å²) in [5.41, 5.74) is 0. The minimum atomic E-state index is 0.282. The van der Waals surface area contributed by atoms with Gasteiger partial charge in [-0.05, 0) is 31.2 Å². The van der Waals surface area contributed by atoms with Crippen LogP contribution in [0.1, 0.15) is 34.3 Å². The number of carbonyl (C=O) groups is 1. The number of unbranched alkanes of at least 4 members (excludes halogenated alkanes) is 1. The van der Waals surface area contributed by atoms with Crippen LogP contribution in [0.5, 0.6) is 0 Å². The summed E-state index contributed by atoms with van der Waals surface area (Å²) < 4.78 is 0. The van der Waals surface area contributed by atoms with Gasteiger partial charge >= 0.3 is 0 Å². The fourth-order valence-corrected chi connectivity index (χ4v) is 2.94. The van der Waals surface area contributed by atoms with E-state index in [4.69, 9.17) is 0 Å². The molecule has 0 spiro atoms. The van der Waals surface area contributed by atoms with Crippen molar-refractivity contribution in [2.24, 2.45) is 0 Å². The molecule has 0 aliphatic heterocycles. The molecular weight excluding hydrogens is 212 g/mol. The number of thiophene rings is 1. The molecule has 0 saturated heterocycles. The SMILES string of the molecule is CCCCSCC(=O)c1ccc(C)s1. The van der Waals surface area contributed by atoms with Gasteiger partial charge in [0.25, 0.3) is 0 Å². The van der Waals surface area contributed by atoms with Gasteiger partial charge in [0.15, 0.2) is 5.78 Å². The van der Waals surface area contributed by atoms with E-state index in [9.17, 15) is 4.79 Å². The lowest BCUT2D eigenvalue weighted by Crippen LogP contribution is -1.99. The summed E-state index contributed by atoms with van der Waals surface area (Å²) in [5.74, 6) is 2.02. The summed E-state index contributed by atoms with van der Waals surface area (Å²) in [5, 5.41) is 0. The lowest BCUT2D eigenvalue weighted by atomic mass is 10.3. The molecule has 0 radical (unpaired) electrons.